The molecule has 0 unspecified atom stereocenters. The van der Waals surface area contributed by atoms with E-state index >= 15 is 0 Å². The summed E-state index contributed by atoms with van der Waals surface area (Å²) in [4.78, 5) is 20.5. The Morgan fingerprint density at radius 2 is 1.63 bits per heavy atom. The van der Waals surface area contributed by atoms with Crippen molar-refractivity contribution < 1.29 is 23.9 Å². The Morgan fingerprint density at radius 3 is 2.16 bits per heavy atom. The molecule has 43 heavy (non-hydrogen) atoms. The second-order valence-electron chi connectivity index (χ2n) is 14.9. The highest BCUT2D eigenvalue weighted by atomic mass is 19.1. The number of hydrogen-bond acceptors (Lipinski definition) is 6. The Hall–Kier alpha value is -3.10. The molecule has 0 radical (unpaired) electrons. The molecule has 4 aliphatic rings. The number of benzene rings is 2. The first-order valence-corrected chi connectivity index (χ1v) is 15.6. The summed E-state index contributed by atoms with van der Waals surface area (Å²) in [7, 11) is 0. The Labute approximate surface area is 253 Å². The molecule has 1 aromatic heterocycles. The highest BCUT2D eigenvalue weighted by Gasteiger charge is 2.53. The van der Waals surface area contributed by atoms with Crippen molar-refractivity contribution in [2.75, 3.05) is 11.4 Å². The molecule has 4 fully saturated rings. The van der Waals surface area contributed by atoms with Crippen molar-refractivity contribution in [1.29, 1.82) is 0 Å². The molecule has 4 saturated carbocycles. The predicted molar refractivity (Wildman–Crippen MR) is 163 cm³/mol. The number of aliphatic hydroxyl groups is 2. The first kappa shape index (κ1) is 29.9. The summed E-state index contributed by atoms with van der Waals surface area (Å²) in [6.45, 7) is 8.83. The van der Waals surface area contributed by atoms with Crippen LogP contribution in [-0.4, -0.2) is 38.4 Å². The normalized spacial score (nSPS) is 28.9. The second kappa shape index (κ2) is 10.2. The number of amides is 1. The lowest BCUT2D eigenvalue weighted by molar-refractivity contribution is -0.137. The minimum Gasteiger partial charge on any atom is -0.390 e. The number of nitrogens with zero attached hydrogens (tertiary/aromatic N) is 3. The van der Waals surface area contributed by atoms with Gasteiger partial charge in [0, 0.05) is 23.6 Å². The summed E-state index contributed by atoms with van der Waals surface area (Å²) in [5.41, 5.74) is 0.122. The van der Waals surface area contributed by atoms with E-state index in [1.807, 2.05) is 47.4 Å². The minimum atomic E-state index is -1.67. The number of alkyl halides is 1. The molecule has 0 spiro atoms. The summed E-state index contributed by atoms with van der Waals surface area (Å²) in [5, 5.41) is 25.0. The second-order valence-corrected chi connectivity index (χ2v) is 14.9. The van der Waals surface area contributed by atoms with E-state index in [1.165, 1.54) is 13.8 Å². The Kier molecular flexibility index (Phi) is 7.13. The molecule has 0 aliphatic heterocycles. The van der Waals surface area contributed by atoms with Crippen LogP contribution in [0.3, 0.4) is 0 Å². The molecular weight excluding hydrogens is 545 g/mol. The third kappa shape index (κ3) is 5.76. The number of carbonyl (C=O) groups is 1. The fraction of sp³-hybridized carbons (Fsp3) is 0.571. The van der Waals surface area contributed by atoms with Gasteiger partial charge in [-0.1, -0.05) is 41.6 Å². The number of rotatable bonds is 8. The number of fused-ring (bicyclic) bond motifs is 3. The van der Waals surface area contributed by atoms with Gasteiger partial charge >= 0.3 is 0 Å². The van der Waals surface area contributed by atoms with Crippen molar-refractivity contribution >= 4 is 11.6 Å². The SMILES string of the molecule is CC(C)(O)c1ccc(-c2cccc(N(CC34CCC(c5noc(C(C)(C)F)n5)(CC3)CC4)C(=O)[C@H]3C[C@@](C)(O)C3)c2)cc1. The predicted octanol–water partition coefficient (Wildman–Crippen LogP) is 6.95. The van der Waals surface area contributed by atoms with Crippen LogP contribution in [0.2, 0.25) is 0 Å². The molecule has 7 nitrogen and oxygen atoms in total. The minimum absolute atomic E-state index is 0.0278. The van der Waals surface area contributed by atoms with Gasteiger partial charge in [-0.15, -0.1) is 0 Å². The number of anilines is 1. The fourth-order valence-corrected chi connectivity index (χ4v) is 7.47. The lowest BCUT2D eigenvalue weighted by Gasteiger charge is -2.54. The van der Waals surface area contributed by atoms with Crippen LogP contribution in [0.4, 0.5) is 10.1 Å². The van der Waals surface area contributed by atoms with Crippen LogP contribution in [0.1, 0.15) is 103 Å². The average Bonchev–Trinajstić information content (AvgIpc) is 3.47. The first-order valence-electron chi connectivity index (χ1n) is 15.6. The highest BCUT2D eigenvalue weighted by Crippen LogP contribution is 2.58. The van der Waals surface area contributed by atoms with Crippen molar-refractivity contribution in [3.8, 4) is 11.1 Å². The Balaban J connectivity index is 1.26. The summed E-state index contributed by atoms with van der Waals surface area (Å²) >= 11 is 0. The van der Waals surface area contributed by atoms with Gasteiger partial charge in [0.25, 0.3) is 5.89 Å². The van der Waals surface area contributed by atoms with Gasteiger partial charge in [0.05, 0.1) is 11.2 Å². The average molecular weight is 590 g/mol. The van der Waals surface area contributed by atoms with E-state index in [0.29, 0.717) is 25.2 Å². The van der Waals surface area contributed by atoms with Gasteiger partial charge in [0.1, 0.15) is 0 Å². The lowest BCUT2D eigenvalue weighted by Crippen LogP contribution is -2.54. The molecule has 2 N–H and O–H groups in total. The van der Waals surface area contributed by atoms with Gasteiger partial charge in [0.15, 0.2) is 11.5 Å². The zero-order valence-corrected chi connectivity index (χ0v) is 26.0. The molecule has 8 heteroatoms. The maximum absolute atomic E-state index is 14.5. The van der Waals surface area contributed by atoms with Gasteiger partial charge in [-0.3, -0.25) is 4.79 Å². The topological polar surface area (TPSA) is 99.7 Å². The van der Waals surface area contributed by atoms with Crippen LogP contribution in [0.5, 0.6) is 0 Å². The molecule has 2 aromatic carbocycles. The molecule has 1 heterocycles. The Bertz CT molecular complexity index is 1470. The molecule has 7 rings (SSSR count). The van der Waals surface area contributed by atoms with Crippen LogP contribution in [0, 0.1) is 11.3 Å². The van der Waals surface area contributed by atoms with Gasteiger partial charge in [-0.25, -0.2) is 4.39 Å². The summed E-state index contributed by atoms with van der Waals surface area (Å²) in [5.74, 6) is 0.525. The largest absolute Gasteiger partial charge is 0.390 e. The quantitative estimate of drug-likeness (QED) is 0.295. The van der Waals surface area contributed by atoms with Crippen molar-refractivity contribution in [2.45, 2.75) is 108 Å². The number of aromatic nitrogens is 2. The summed E-state index contributed by atoms with van der Waals surface area (Å²) < 4.78 is 19.8. The molecule has 0 atom stereocenters. The number of carbonyl (C=O) groups excluding carboxylic acids is 1. The van der Waals surface area contributed by atoms with E-state index in [1.54, 1.807) is 20.8 Å². The molecule has 4 aliphatic carbocycles. The third-order valence-electron chi connectivity index (χ3n) is 10.4. The van der Waals surface area contributed by atoms with Gasteiger partial charge in [-0.05, 0) is 120 Å². The van der Waals surface area contributed by atoms with Crippen molar-refractivity contribution in [3.05, 3.63) is 65.8 Å². The van der Waals surface area contributed by atoms with E-state index in [2.05, 4.69) is 16.2 Å². The maximum atomic E-state index is 14.5. The standard InChI is InChI=1S/C35H44FN3O4/c1-31(2,36)30-37-29(38-43-30)35-16-13-34(14-17-35,15-18-35)22-39(28(40)25-20-33(5,42)21-25)27-8-6-7-24(19-27)23-9-11-26(12-10-23)32(3,4)41/h6-12,19,25,41-42H,13-18,20-22H2,1-5H3/t25-,33+,34?,35?. The highest BCUT2D eigenvalue weighted by molar-refractivity contribution is 5.96. The first-order chi connectivity index (χ1) is 20.1. The zero-order chi connectivity index (χ0) is 30.8. The molecule has 2 bridgehead atoms. The van der Waals surface area contributed by atoms with Crippen molar-refractivity contribution in [1.82, 2.24) is 10.1 Å². The fourth-order valence-electron chi connectivity index (χ4n) is 7.47. The smallest absolute Gasteiger partial charge is 0.263 e. The maximum Gasteiger partial charge on any atom is 0.263 e. The summed E-state index contributed by atoms with van der Waals surface area (Å²) in [6, 6.07) is 16.0. The van der Waals surface area contributed by atoms with E-state index < -0.39 is 16.9 Å². The van der Waals surface area contributed by atoms with E-state index in [0.717, 1.165) is 60.9 Å². The van der Waals surface area contributed by atoms with Gasteiger partial charge in [0.2, 0.25) is 5.91 Å². The van der Waals surface area contributed by atoms with E-state index in [9.17, 15) is 19.4 Å². The zero-order valence-electron chi connectivity index (χ0n) is 26.0. The monoisotopic (exact) mass is 589 g/mol. The Morgan fingerprint density at radius 1 is 1.00 bits per heavy atom. The van der Waals surface area contributed by atoms with Crippen molar-refractivity contribution in [2.24, 2.45) is 11.3 Å². The van der Waals surface area contributed by atoms with Crippen molar-refractivity contribution in [3.63, 3.8) is 0 Å². The molecular formula is C35H44FN3O4. The van der Waals surface area contributed by atoms with Gasteiger partial charge in [-0.2, -0.15) is 4.98 Å². The molecule has 0 saturated heterocycles. The van der Waals surface area contributed by atoms with E-state index in [4.69, 9.17) is 4.52 Å². The van der Waals surface area contributed by atoms with Crippen LogP contribution in [0.15, 0.2) is 53.1 Å². The van der Waals surface area contributed by atoms with Gasteiger partial charge < -0.3 is 19.6 Å². The van der Waals surface area contributed by atoms with Crippen LogP contribution < -0.4 is 4.90 Å². The summed E-state index contributed by atoms with van der Waals surface area (Å²) in [6.07, 6.45) is 6.38. The number of hydrogen-bond donors (Lipinski definition) is 2. The molecule has 1 amide bonds. The van der Waals surface area contributed by atoms with Crippen LogP contribution in [0.25, 0.3) is 11.1 Å². The lowest BCUT2D eigenvalue weighted by atomic mass is 9.53. The van der Waals surface area contributed by atoms with Crippen LogP contribution in [-0.2, 0) is 21.5 Å². The molecule has 230 valence electrons. The van der Waals surface area contributed by atoms with E-state index in [-0.39, 0.29) is 28.5 Å². The third-order valence-corrected chi connectivity index (χ3v) is 10.4. The number of halogens is 1. The van der Waals surface area contributed by atoms with Crippen LogP contribution >= 0.6 is 0 Å². The molecule has 3 aromatic rings.